The number of carboxylic acid groups (broad SMARTS) is 1. The first-order valence-electron chi connectivity index (χ1n) is 7.11. The predicted octanol–water partition coefficient (Wildman–Crippen LogP) is 2.72. The highest BCUT2D eigenvalue weighted by atomic mass is 16.4. The molecule has 1 aliphatic rings. The summed E-state index contributed by atoms with van der Waals surface area (Å²) in [6.07, 6.45) is 6.55. The van der Waals surface area contributed by atoms with Gasteiger partial charge in [0.2, 0.25) is 5.91 Å². The SMILES string of the molecule is CCC(CC)C(=O)NC1(C(=O)O)CCCCCC1. The first kappa shape index (κ1) is 15.0. The molecule has 0 radical (unpaired) electrons. The zero-order valence-corrected chi connectivity index (χ0v) is 11.5. The fourth-order valence-electron chi connectivity index (χ4n) is 2.72. The lowest BCUT2D eigenvalue weighted by Crippen LogP contribution is -2.55. The number of carbonyl (C=O) groups is 2. The van der Waals surface area contributed by atoms with E-state index in [1.54, 1.807) is 0 Å². The van der Waals surface area contributed by atoms with Gasteiger partial charge in [-0.1, -0.05) is 39.5 Å². The minimum atomic E-state index is -1.02. The second kappa shape index (κ2) is 6.76. The molecule has 18 heavy (non-hydrogen) atoms. The van der Waals surface area contributed by atoms with E-state index in [4.69, 9.17) is 0 Å². The maximum Gasteiger partial charge on any atom is 0.329 e. The third-order valence-electron chi connectivity index (χ3n) is 4.09. The summed E-state index contributed by atoms with van der Waals surface area (Å²) in [5.74, 6) is -1.03. The van der Waals surface area contributed by atoms with Crippen LogP contribution in [0.3, 0.4) is 0 Å². The monoisotopic (exact) mass is 255 g/mol. The molecule has 1 aliphatic carbocycles. The first-order valence-corrected chi connectivity index (χ1v) is 7.11. The van der Waals surface area contributed by atoms with Crippen LogP contribution in [0.5, 0.6) is 0 Å². The summed E-state index contributed by atoms with van der Waals surface area (Å²) >= 11 is 0. The van der Waals surface area contributed by atoms with E-state index >= 15 is 0 Å². The van der Waals surface area contributed by atoms with Crippen LogP contribution < -0.4 is 5.32 Å². The van der Waals surface area contributed by atoms with E-state index in [-0.39, 0.29) is 11.8 Å². The Bertz CT molecular complexity index is 289. The molecule has 0 aliphatic heterocycles. The number of aliphatic carboxylic acids is 1. The van der Waals surface area contributed by atoms with Crippen LogP contribution in [-0.4, -0.2) is 22.5 Å². The molecule has 104 valence electrons. The van der Waals surface area contributed by atoms with Crippen LogP contribution in [0.4, 0.5) is 0 Å². The third kappa shape index (κ3) is 3.47. The van der Waals surface area contributed by atoms with Gasteiger partial charge in [-0.25, -0.2) is 4.79 Å². The van der Waals surface area contributed by atoms with Gasteiger partial charge in [-0.05, 0) is 25.7 Å². The van der Waals surface area contributed by atoms with Crippen molar-refractivity contribution in [1.29, 1.82) is 0 Å². The van der Waals surface area contributed by atoms with Crippen LogP contribution in [0.15, 0.2) is 0 Å². The Morgan fingerprint density at radius 3 is 2.00 bits per heavy atom. The van der Waals surface area contributed by atoms with Crippen molar-refractivity contribution >= 4 is 11.9 Å². The molecule has 0 heterocycles. The summed E-state index contributed by atoms with van der Waals surface area (Å²) in [7, 11) is 0. The number of carboxylic acids is 1. The van der Waals surface area contributed by atoms with Crippen molar-refractivity contribution in [3.8, 4) is 0 Å². The van der Waals surface area contributed by atoms with Crippen molar-refractivity contribution in [1.82, 2.24) is 5.32 Å². The smallest absolute Gasteiger partial charge is 0.329 e. The second-order valence-electron chi connectivity index (χ2n) is 5.30. The van der Waals surface area contributed by atoms with Gasteiger partial charge in [0.05, 0.1) is 0 Å². The van der Waals surface area contributed by atoms with Gasteiger partial charge in [-0.2, -0.15) is 0 Å². The Labute approximate surface area is 109 Å². The topological polar surface area (TPSA) is 66.4 Å². The molecule has 1 amide bonds. The summed E-state index contributed by atoms with van der Waals surface area (Å²) in [6.45, 7) is 3.93. The Morgan fingerprint density at radius 2 is 1.61 bits per heavy atom. The number of hydrogen-bond donors (Lipinski definition) is 2. The molecule has 0 aromatic carbocycles. The second-order valence-corrected chi connectivity index (χ2v) is 5.30. The van der Waals surface area contributed by atoms with E-state index in [0.29, 0.717) is 12.8 Å². The van der Waals surface area contributed by atoms with E-state index < -0.39 is 11.5 Å². The summed E-state index contributed by atoms with van der Waals surface area (Å²) in [5, 5.41) is 12.3. The lowest BCUT2D eigenvalue weighted by molar-refractivity contribution is -0.149. The van der Waals surface area contributed by atoms with Crippen molar-refractivity contribution in [2.75, 3.05) is 0 Å². The van der Waals surface area contributed by atoms with Crippen molar-refractivity contribution in [2.45, 2.75) is 70.8 Å². The maximum absolute atomic E-state index is 12.1. The van der Waals surface area contributed by atoms with E-state index in [2.05, 4.69) is 5.32 Å². The number of hydrogen-bond acceptors (Lipinski definition) is 2. The summed E-state index contributed by atoms with van der Waals surface area (Å²) in [6, 6.07) is 0. The first-order chi connectivity index (χ1) is 8.55. The predicted molar refractivity (Wildman–Crippen MR) is 70.3 cm³/mol. The average molecular weight is 255 g/mol. The zero-order valence-electron chi connectivity index (χ0n) is 11.5. The van der Waals surface area contributed by atoms with Gasteiger partial charge < -0.3 is 10.4 Å². The molecule has 0 spiro atoms. The van der Waals surface area contributed by atoms with E-state index in [9.17, 15) is 14.7 Å². The van der Waals surface area contributed by atoms with Crippen molar-refractivity contribution in [3.05, 3.63) is 0 Å². The van der Waals surface area contributed by atoms with Gasteiger partial charge in [-0.15, -0.1) is 0 Å². The fraction of sp³-hybridized carbons (Fsp3) is 0.857. The van der Waals surface area contributed by atoms with Crippen LogP contribution in [0.25, 0.3) is 0 Å². The summed E-state index contributed by atoms with van der Waals surface area (Å²) in [4.78, 5) is 23.7. The van der Waals surface area contributed by atoms with Crippen LogP contribution in [0.1, 0.15) is 65.2 Å². The van der Waals surface area contributed by atoms with Crippen LogP contribution in [0, 0.1) is 5.92 Å². The molecule has 1 fully saturated rings. The lowest BCUT2D eigenvalue weighted by atomic mass is 9.89. The molecule has 1 saturated carbocycles. The normalized spacial score (nSPS) is 19.3. The molecule has 0 aromatic heterocycles. The lowest BCUT2D eigenvalue weighted by Gasteiger charge is -2.31. The Balaban J connectivity index is 2.78. The molecular weight excluding hydrogens is 230 g/mol. The van der Waals surface area contributed by atoms with Gasteiger partial charge in [0, 0.05) is 5.92 Å². The Hall–Kier alpha value is -1.06. The Kier molecular flexibility index (Phi) is 5.63. The van der Waals surface area contributed by atoms with Crippen LogP contribution in [-0.2, 0) is 9.59 Å². The minimum Gasteiger partial charge on any atom is -0.480 e. The van der Waals surface area contributed by atoms with Gasteiger partial charge in [0.1, 0.15) is 5.54 Å². The van der Waals surface area contributed by atoms with Gasteiger partial charge in [0.15, 0.2) is 0 Å². The number of rotatable bonds is 5. The average Bonchev–Trinajstić information content (AvgIpc) is 2.57. The van der Waals surface area contributed by atoms with E-state index in [1.165, 1.54) is 0 Å². The molecule has 0 saturated heterocycles. The van der Waals surface area contributed by atoms with Gasteiger partial charge >= 0.3 is 5.97 Å². The van der Waals surface area contributed by atoms with Crippen LogP contribution >= 0.6 is 0 Å². The number of nitrogens with one attached hydrogen (secondary N) is 1. The summed E-state index contributed by atoms with van der Waals surface area (Å²) in [5.41, 5.74) is -1.02. The van der Waals surface area contributed by atoms with Gasteiger partial charge in [-0.3, -0.25) is 4.79 Å². The standard InChI is InChI=1S/C14H25NO3/c1-3-11(4-2)12(16)15-14(13(17)18)9-7-5-6-8-10-14/h11H,3-10H2,1-2H3,(H,15,16)(H,17,18). The molecule has 0 aromatic rings. The summed E-state index contributed by atoms with van der Waals surface area (Å²) < 4.78 is 0. The maximum atomic E-state index is 12.1. The highest BCUT2D eigenvalue weighted by molar-refractivity contribution is 5.88. The molecule has 4 heteroatoms. The molecular formula is C14H25NO3. The largest absolute Gasteiger partial charge is 0.480 e. The minimum absolute atomic E-state index is 0.0653. The van der Waals surface area contributed by atoms with Crippen LogP contribution in [0.2, 0.25) is 0 Å². The highest BCUT2D eigenvalue weighted by Gasteiger charge is 2.40. The fourth-order valence-corrected chi connectivity index (χ4v) is 2.72. The molecule has 0 unspecified atom stereocenters. The molecule has 4 nitrogen and oxygen atoms in total. The van der Waals surface area contributed by atoms with Crippen molar-refractivity contribution in [3.63, 3.8) is 0 Å². The number of carbonyl (C=O) groups excluding carboxylic acids is 1. The quantitative estimate of drug-likeness (QED) is 0.742. The van der Waals surface area contributed by atoms with E-state index in [0.717, 1.165) is 38.5 Å². The van der Waals surface area contributed by atoms with E-state index in [1.807, 2.05) is 13.8 Å². The van der Waals surface area contributed by atoms with Crippen molar-refractivity contribution < 1.29 is 14.7 Å². The highest BCUT2D eigenvalue weighted by Crippen LogP contribution is 2.28. The molecule has 0 bridgehead atoms. The van der Waals surface area contributed by atoms with Gasteiger partial charge in [0.25, 0.3) is 0 Å². The molecule has 1 rings (SSSR count). The third-order valence-corrected chi connectivity index (χ3v) is 4.09. The molecule has 0 atom stereocenters. The zero-order chi connectivity index (χ0) is 13.6. The Morgan fingerprint density at radius 1 is 1.11 bits per heavy atom. The molecule has 2 N–H and O–H groups in total. The number of amides is 1. The van der Waals surface area contributed by atoms with Crippen molar-refractivity contribution in [2.24, 2.45) is 5.92 Å².